The molecule has 8 rings (SSSR count). The first-order valence-corrected chi connectivity index (χ1v) is 25.2. The molecule has 0 N–H and O–H groups in total. The molecule has 6 aromatic carbocycles. The average Bonchev–Trinajstić information content (AvgIpc) is 3.82. The summed E-state index contributed by atoms with van der Waals surface area (Å²) in [5.74, 6) is 0. The molecular formula is C57H62Cl2Zr. The molecule has 2 aliphatic carbocycles. The van der Waals surface area contributed by atoms with Crippen LogP contribution in [-0.2, 0) is 44.9 Å². The summed E-state index contributed by atoms with van der Waals surface area (Å²) in [6.07, 6.45) is 10.4. The predicted molar refractivity (Wildman–Crippen MR) is 263 cm³/mol. The molecule has 0 aliphatic heterocycles. The first kappa shape index (κ1) is 45.7. The molecule has 2 aliphatic rings. The van der Waals surface area contributed by atoms with Crippen LogP contribution in [0.25, 0.3) is 33.4 Å². The van der Waals surface area contributed by atoms with E-state index in [0.717, 1.165) is 19.3 Å². The van der Waals surface area contributed by atoms with Gasteiger partial charge in [-0.3, -0.25) is 0 Å². The van der Waals surface area contributed by atoms with Crippen molar-refractivity contribution in [1.82, 2.24) is 0 Å². The van der Waals surface area contributed by atoms with Gasteiger partial charge in [-0.15, -0.1) is 24.8 Å². The molecule has 0 atom stereocenters. The second-order valence-electron chi connectivity index (χ2n) is 19.2. The van der Waals surface area contributed by atoms with Crippen LogP contribution in [0.15, 0.2) is 143 Å². The Balaban J connectivity index is 0.00000302. The maximum atomic E-state index is 2.69. The summed E-state index contributed by atoms with van der Waals surface area (Å²) < 4.78 is 3.84. The number of hydrogen-bond acceptors (Lipinski definition) is 0. The summed E-state index contributed by atoms with van der Waals surface area (Å²) in [6, 6.07) is 47.5. The predicted octanol–water partition coefficient (Wildman–Crippen LogP) is 15.9. The first-order valence-electron chi connectivity index (χ1n) is 21.4. The van der Waals surface area contributed by atoms with Crippen LogP contribution in [-0.4, -0.2) is 3.21 Å². The van der Waals surface area contributed by atoms with Crippen LogP contribution in [0.5, 0.6) is 0 Å². The molecule has 0 aromatic heterocycles. The third kappa shape index (κ3) is 9.16. The smallest absolute Gasteiger partial charge is 0.147 e. The Morgan fingerprint density at radius 1 is 0.517 bits per heavy atom. The maximum Gasteiger partial charge on any atom is -0.147 e. The van der Waals surface area contributed by atoms with E-state index in [1.54, 1.807) is 17.6 Å². The molecule has 60 heavy (non-hydrogen) atoms. The standard InChI is InChI=1S/C35H37.C17H18.C5H5.2ClH.Zr/c1-22-13-9-11-15-26(22)30-18-24-17-25-19-31(27-16-12-10-14-23(27)2)33(35(6,7)8)21-29(25)28(24)20-32(30)34(3,4)5;1-14-6-10-16(11-7-14)4-3-5-17-12-8-15(2)9-13-17;1-2-4-5-3-1;;;/h9-21H,1-8H3;6-13H,4-5H2,1-2H3;1-3H,4H2;2*1H;. The van der Waals surface area contributed by atoms with Crippen molar-refractivity contribution in [3.63, 3.8) is 0 Å². The molecule has 0 spiro atoms. The van der Waals surface area contributed by atoms with E-state index in [1.807, 2.05) is 0 Å². The Kier molecular flexibility index (Phi) is 13.9. The molecule has 0 fully saturated rings. The molecule has 0 saturated heterocycles. The van der Waals surface area contributed by atoms with E-state index in [4.69, 9.17) is 0 Å². The molecule has 308 valence electrons. The number of aryl methyl sites for hydroxylation is 4. The molecule has 0 radical (unpaired) electrons. The van der Waals surface area contributed by atoms with Gasteiger partial charge in [0.05, 0.1) is 0 Å². The van der Waals surface area contributed by atoms with E-state index in [9.17, 15) is 0 Å². The van der Waals surface area contributed by atoms with Crippen LogP contribution in [0.1, 0.15) is 107 Å². The number of benzene rings is 6. The Morgan fingerprint density at radius 3 is 1.30 bits per heavy atom. The van der Waals surface area contributed by atoms with Gasteiger partial charge in [0.2, 0.25) is 0 Å². The average molecular weight is 909 g/mol. The molecule has 3 heteroatoms. The zero-order valence-electron chi connectivity index (χ0n) is 37.3. The van der Waals surface area contributed by atoms with E-state index in [-0.39, 0.29) is 35.6 Å². The summed E-state index contributed by atoms with van der Waals surface area (Å²) in [7, 11) is 0. The zero-order chi connectivity index (χ0) is 40.9. The van der Waals surface area contributed by atoms with E-state index in [1.165, 1.54) is 77.9 Å². The van der Waals surface area contributed by atoms with Crippen LogP contribution in [0, 0.1) is 27.7 Å². The fraction of sp³-hybridized carbons (Fsp3) is 0.281. The summed E-state index contributed by atoms with van der Waals surface area (Å²) in [6.45, 7) is 23.4. The minimum Gasteiger partial charge on any atom is -0.147 e. The van der Waals surface area contributed by atoms with Gasteiger partial charge in [-0.2, -0.15) is 0 Å². The monoisotopic (exact) mass is 906 g/mol. The number of halogens is 2. The van der Waals surface area contributed by atoms with Crippen molar-refractivity contribution in [1.29, 1.82) is 0 Å². The van der Waals surface area contributed by atoms with Gasteiger partial charge in [0, 0.05) is 0 Å². The van der Waals surface area contributed by atoms with Crippen molar-refractivity contribution in [3.8, 4) is 33.4 Å². The van der Waals surface area contributed by atoms with E-state index < -0.39 is 21.3 Å². The number of fused-ring (bicyclic) bond motifs is 3. The van der Waals surface area contributed by atoms with Crippen LogP contribution in [0.4, 0.5) is 0 Å². The van der Waals surface area contributed by atoms with Crippen molar-refractivity contribution in [3.05, 3.63) is 198 Å². The van der Waals surface area contributed by atoms with Crippen LogP contribution < -0.4 is 0 Å². The summed E-state index contributed by atoms with van der Waals surface area (Å²) in [5.41, 5.74) is 22.5. The largest absolute Gasteiger partial charge is 0.147 e. The molecule has 0 heterocycles. The van der Waals surface area contributed by atoms with Gasteiger partial charge in [0.25, 0.3) is 0 Å². The van der Waals surface area contributed by atoms with Crippen molar-refractivity contribution in [2.24, 2.45) is 0 Å². The summed E-state index contributed by atoms with van der Waals surface area (Å²) in [4.78, 5) is 0. The quantitative estimate of drug-likeness (QED) is 0.143. The third-order valence-corrected chi connectivity index (χ3v) is 20.9. The van der Waals surface area contributed by atoms with Gasteiger partial charge in [0.15, 0.2) is 0 Å². The minimum absolute atomic E-state index is 0. The second kappa shape index (κ2) is 18.2. The topological polar surface area (TPSA) is 0 Å². The zero-order valence-corrected chi connectivity index (χ0v) is 41.4. The molecule has 0 unspecified atom stereocenters. The summed E-state index contributed by atoms with van der Waals surface area (Å²) in [5, 5.41) is 0. The fourth-order valence-electron chi connectivity index (χ4n) is 9.51. The maximum absolute atomic E-state index is 2.84. The van der Waals surface area contributed by atoms with Gasteiger partial charge < -0.3 is 0 Å². The molecule has 0 amide bonds. The van der Waals surface area contributed by atoms with Crippen LogP contribution in [0.2, 0.25) is 0 Å². The van der Waals surface area contributed by atoms with E-state index in [0.29, 0.717) is 3.63 Å². The fourth-order valence-corrected chi connectivity index (χ4v) is 18.7. The van der Waals surface area contributed by atoms with E-state index >= 15 is 0 Å². The van der Waals surface area contributed by atoms with Gasteiger partial charge in [-0.25, -0.2) is 0 Å². The van der Waals surface area contributed by atoms with Crippen LogP contribution in [0.3, 0.4) is 0 Å². The molecule has 0 nitrogen and oxygen atoms in total. The minimum atomic E-state index is -2.84. The Morgan fingerprint density at radius 2 is 0.933 bits per heavy atom. The first-order chi connectivity index (χ1) is 27.7. The second-order valence-corrected chi connectivity index (χ2v) is 26.0. The van der Waals surface area contributed by atoms with Gasteiger partial charge >= 0.3 is 359 Å². The number of allylic oxidation sites excluding steroid dienone is 4. The Labute approximate surface area is 381 Å². The van der Waals surface area contributed by atoms with Gasteiger partial charge in [-0.1, -0.05) is 0 Å². The Bertz CT molecular complexity index is 2460. The van der Waals surface area contributed by atoms with Crippen molar-refractivity contribution in [2.45, 2.75) is 103 Å². The SMILES string of the molecule is Cc1ccc(C[C](Cc2ccc(C)cc2)=[Zr]([C]2=CC=CC2)[CH]2c3cc(-c4ccccc4C)c(C(C)(C)C)cc3-c3cc(C(C)(C)C)c(-c4ccccc4C)cc32)cc1.Cl.Cl. The summed E-state index contributed by atoms with van der Waals surface area (Å²) >= 11 is -2.84. The van der Waals surface area contributed by atoms with Crippen molar-refractivity contribution < 1.29 is 21.3 Å². The van der Waals surface area contributed by atoms with Gasteiger partial charge in [-0.05, 0) is 0 Å². The van der Waals surface area contributed by atoms with Gasteiger partial charge in [0.1, 0.15) is 0 Å². The third-order valence-electron chi connectivity index (χ3n) is 12.6. The molecule has 0 bridgehead atoms. The molecular weight excluding hydrogens is 847 g/mol. The molecule has 0 saturated carbocycles. The van der Waals surface area contributed by atoms with Crippen molar-refractivity contribution >= 4 is 28.0 Å². The van der Waals surface area contributed by atoms with Crippen LogP contribution >= 0.6 is 24.8 Å². The Hall–Kier alpha value is -3.87. The van der Waals surface area contributed by atoms with E-state index in [2.05, 4.69) is 209 Å². The normalized spacial score (nSPS) is 13.3. The number of rotatable bonds is 8. The number of hydrogen-bond donors (Lipinski definition) is 0. The molecule has 6 aromatic rings. The van der Waals surface area contributed by atoms with Crippen molar-refractivity contribution in [2.75, 3.05) is 0 Å².